The highest BCUT2D eigenvalue weighted by molar-refractivity contribution is 6.10. The Labute approximate surface area is 403 Å². The number of nitrogens with zero attached hydrogens (tertiary/aromatic N) is 2. The van der Waals surface area contributed by atoms with Gasteiger partial charge in [0.05, 0.1) is 22.1 Å². The zero-order valence-corrected chi connectivity index (χ0v) is 38.0. The van der Waals surface area contributed by atoms with Crippen molar-refractivity contribution in [3.05, 3.63) is 301 Å². The lowest BCUT2D eigenvalue weighted by Gasteiger charge is -2.35. The van der Waals surface area contributed by atoms with E-state index in [1.54, 1.807) is 0 Å². The zero-order chi connectivity index (χ0) is 45.7. The molecule has 0 amide bonds. The van der Waals surface area contributed by atoms with Crippen LogP contribution in [0.25, 0.3) is 72.0 Å². The molecule has 324 valence electrons. The molecule has 0 spiro atoms. The molecule has 0 N–H and O–H groups in total. The van der Waals surface area contributed by atoms with Gasteiger partial charge in [-0.25, -0.2) is 0 Å². The van der Waals surface area contributed by atoms with Gasteiger partial charge in [0.25, 0.3) is 0 Å². The third-order valence-corrected chi connectivity index (χ3v) is 14.3. The molecule has 1 aromatic heterocycles. The molecule has 0 bridgehead atoms. The van der Waals surface area contributed by atoms with Crippen LogP contribution in [0.2, 0.25) is 0 Å². The van der Waals surface area contributed by atoms with Crippen LogP contribution < -0.4 is 4.90 Å². The Morgan fingerprint density at radius 1 is 0.290 bits per heavy atom. The van der Waals surface area contributed by atoms with Crippen LogP contribution in [0.5, 0.6) is 0 Å². The maximum absolute atomic E-state index is 2.47. The van der Waals surface area contributed by atoms with Crippen molar-refractivity contribution < 1.29 is 0 Å². The fraction of sp³-hybridized carbons (Fsp3) is 0.0149. The molecule has 0 saturated heterocycles. The highest BCUT2D eigenvalue weighted by atomic mass is 15.1. The summed E-state index contributed by atoms with van der Waals surface area (Å²) < 4.78 is 2.38. The van der Waals surface area contributed by atoms with Crippen LogP contribution in [0, 0.1) is 0 Å². The highest BCUT2D eigenvalue weighted by Gasteiger charge is 2.46. The lowest BCUT2D eigenvalue weighted by Crippen LogP contribution is -2.28. The van der Waals surface area contributed by atoms with Crippen molar-refractivity contribution in [1.82, 2.24) is 4.57 Å². The summed E-state index contributed by atoms with van der Waals surface area (Å²) in [5, 5.41) is 2.47. The number of fused-ring (bicyclic) bond motifs is 6. The SMILES string of the molecule is c1ccc(-c2ccc(N(c3ccc4c(c3)C(c3ccccc3)(c3ccccc3)c3ccccc3-4)c3ccc(-c4ccc5c(c4)c4ccccc4n5-c4ccccc4)cc3-c3ccccc3)cc2)cc1. The van der Waals surface area contributed by atoms with Gasteiger partial charge in [-0.1, -0.05) is 212 Å². The molecule has 1 aliphatic rings. The maximum atomic E-state index is 2.47. The standard InChI is InChI=1S/C67H46N2/c1-6-20-47(21-7-1)48-34-38-55(39-35-48)68(56-40-41-58-57-30-16-18-32-62(57)67(63(58)46-56,52-24-10-3-11-25-52)53-26-12-4-13-27-53)65-42-36-50(44-60(65)49-22-8-2-9-23-49)51-37-43-66-61(45-51)59-31-17-19-33-64(59)69(66)54-28-14-5-15-29-54/h1-46H. The van der Waals surface area contributed by atoms with Crippen LogP contribution >= 0.6 is 0 Å². The molecule has 0 fully saturated rings. The van der Waals surface area contributed by atoms with Crippen LogP contribution in [0.3, 0.4) is 0 Å². The molecule has 1 heterocycles. The van der Waals surface area contributed by atoms with E-state index in [0.717, 1.165) is 39.4 Å². The molecule has 0 aliphatic heterocycles. The van der Waals surface area contributed by atoms with Crippen molar-refractivity contribution in [1.29, 1.82) is 0 Å². The van der Waals surface area contributed by atoms with E-state index in [0.29, 0.717) is 0 Å². The van der Waals surface area contributed by atoms with E-state index in [1.807, 2.05) is 0 Å². The predicted molar refractivity (Wildman–Crippen MR) is 289 cm³/mol. The van der Waals surface area contributed by atoms with Gasteiger partial charge in [0, 0.05) is 33.4 Å². The molecule has 2 nitrogen and oxygen atoms in total. The van der Waals surface area contributed by atoms with Gasteiger partial charge in [-0.2, -0.15) is 0 Å². The summed E-state index contributed by atoms with van der Waals surface area (Å²) in [6.45, 7) is 0. The summed E-state index contributed by atoms with van der Waals surface area (Å²) in [5.74, 6) is 0. The Bertz CT molecular complexity index is 3760. The number of hydrogen-bond acceptors (Lipinski definition) is 1. The van der Waals surface area contributed by atoms with E-state index in [4.69, 9.17) is 0 Å². The Morgan fingerprint density at radius 3 is 1.51 bits per heavy atom. The van der Waals surface area contributed by atoms with Crippen molar-refractivity contribution in [3.63, 3.8) is 0 Å². The zero-order valence-electron chi connectivity index (χ0n) is 38.0. The van der Waals surface area contributed by atoms with E-state index >= 15 is 0 Å². The first kappa shape index (κ1) is 40.3. The molecule has 0 radical (unpaired) electrons. The number of anilines is 3. The van der Waals surface area contributed by atoms with Gasteiger partial charge in [0.2, 0.25) is 0 Å². The Balaban J connectivity index is 1.04. The van der Waals surface area contributed by atoms with E-state index in [-0.39, 0.29) is 0 Å². The van der Waals surface area contributed by atoms with Gasteiger partial charge >= 0.3 is 0 Å². The summed E-state index contributed by atoms with van der Waals surface area (Å²) in [6, 6.07) is 102. The monoisotopic (exact) mass is 878 g/mol. The topological polar surface area (TPSA) is 8.17 Å². The molecule has 69 heavy (non-hydrogen) atoms. The number of benzene rings is 11. The van der Waals surface area contributed by atoms with Gasteiger partial charge in [-0.3, -0.25) is 0 Å². The van der Waals surface area contributed by atoms with Crippen molar-refractivity contribution in [2.75, 3.05) is 4.90 Å². The maximum Gasteiger partial charge on any atom is 0.0714 e. The van der Waals surface area contributed by atoms with E-state index < -0.39 is 5.41 Å². The number of rotatable bonds is 9. The minimum Gasteiger partial charge on any atom is -0.310 e. The van der Waals surface area contributed by atoms with Crippen LogP contribution in [0.4, 0.5) is 17.1 Å². The predicted octanol–water partition coefficient (Wildman–Crippen LogP) is 17.6. The van der Waals surface area contributed by atoms with Gasteiger partial charge in [-0.15, -0.1) is 0 Å². The van der Waals surface area contributed by atoms with E-state index in [9.17, 15) is 0 Å². The Kier molecular flexibility index (Phi) is 9.77. The average Bonchev–Trinajstić information content (AvgIpc) is 3.92. The second-order valence-corrected chi connectivity index (χ2v) is 18.0. The fourth-order valence-electron chi connectivity index (χ4n) is 11.2. The molecule has 2 heteroatoms. The average molecular weight is 879 g/mol. The molecule has 13 rings (SSSR count). The van der Waals surface area contributed by atoms with Gasteiger partial charge in [0.15, 0.2) is 0 Å². The lowest BCUT2D eigenvalue weighted by molar-refractivity contribution is 0.768. The second kappa shape index (κ2) is 16.7. The van der Waals surface area contributed by atoms with Crippen molar-refractivity contribution in [2.24, 2.45) is 0 Å². The summed E-state index contributed by atoms with van der Waals surface area (Å²) in [7, 11) is 0. The molecule has 1 aliphatic carbocycles. The van der Waals surface area contributed by atoms with Gasteiger partial charge in [0.1, 0.15) is 0 Å². The first-order chi connectivity index (χ1) is 34.2. The van der Waals surface area contributed by atoms with Crippen LogP contribution in [-0.4, -0.2) is 4.57 Å². The third kappa shape index (κ3) is 6.64. The largest absolute Gasteiger partial charge is 0.310 e. The van der Waals surface area contributed by atoms with Crippen LogP contribution in [-0.2, 0) is 5.41 Å². The first-order valence-corrected chi connectivity index (χ1v) is 23.8. The fourth-order valence-corrected chi connectivity index (χ4v) is 11.2. The summed E-state index contributed by atoms with van der Waals surface area (Å²) in [6.07, 6.45) is 0. The molecule has 11 aromatic carbocycles. The number of para-hydroxylation sites is 2. The normalized spacial score (nSPS) is 12.5. The molecular weight excluding hydrogens is 833 g/mol. The molecular formula is C67H46N2. The van der Waals surface area contributed by atoms with Crippen molar-refractivity contribution in [3.8, 4) is 50.2 Å². The minimum atomic E-state index is -0.540. The highest BCUT2D eigenvalue weighted by Crippen LogP contribution is 2.57. The summed E-state index contributed by atoms with van der Waals surface area (Å²) in [5.41, 5.74) is 20.9. The Hall–Kier alpha value is -8.98. The minimum absolute atomic E-state index is 0.540. The third-order valence-electron chi connectivity index (χ3n) is 14.3. The number of aromatic nitrogens is 1. The van der Waals surface area contributed by atoms with E-state index in [2.05, 4.69) is 289 Å². The second-order valence-electron chi connectivity index (χ2n) is 18.0. The number of hydrogen-bond donors (Lipinski definition) is 0. The van der Waals surface area contributed by atoms with Gasteiger partial charge in [-0.05, 0) is 128 Å². The quantitative estimate of drug-likeness (QED) is 0.140. The van der Waals surface area contributed by atoms with Crippen molar-refractivity contribution in [2.45, 2.75) is 5.41 Å². The first-order valence-electron chi connectivity index (χ1n) is 23.8. The molecule has 0 atom stereocenters. The van der Waals surface area contributed by atoms with Crippen molar-refractivity contribution >= 4 is 38.9 Å². The van der Waals surface area contributed by atoms with Crippen LogP contribution in [0.1, 0.15) is 22.3 Å². The molecule has 0 saturated carbocycles. The smallest absolute Gasteiger partial charge is 0.0714 e. The summed E-state index contributed by atoms with van der Waals surface area (Å²) >= 11 is 0. The summed E-state index contributed by atoms with van der Waals surface area (Å²) in [4.78, 5) is 2.47. The Morgan fingerprint density at radius 2 is 0.797 bits per heavy atom. The molecule has 12 aromatic rings. The van der Waals surface area contributed by atoms with Crippen LogP contribution in [0.15, 0.2) is 279 Å². The van der Waals surface area contributed by atoms with E-state index in [1.165, 1.54) is 71.9 Å². The molecule has 0 unspecified atom stereocenters. The van der Waals surface area contributed by atoms with Gasteiger partial charge < -0.3 is 9.47 Å². The lowest BCUT2D eigenvalue weighted by atomic mass is 9.67.